The molecular weight excluding hydrogens is 310 g/mol. The molecule has 2 fully saturated rings. The van der Waals surface area contributed by atoms with Crippen molar-refractivity contribution in [3.63, 3.8) is 0 Å². The van der Waals surface area contributed by atoms with Crippen molar-refractivity contribution >= 4 is 11.6 Å². The van der Waals surface area contributed by atoms with Crippen LogP contribution < -0.4 is 5.56 Å². The minimum atomic E-state index is -0.537. The van der Waals surface area contributed by atoms with Gasteiger partial charge in [0.25, 0.3) is 11.5 Å². The van der Waals surface area contributed by atoms with Crippen LogP contribution in [0.15, 0.2) is 29.3 Å². The van der Waals surface area contributed by atoms with Gasteiger partial charge in [0.15, 0.2) is 5.79 Å². The number of likely N-dealkylation sites (tertiary alicyclic amines) is 1. The van der Waals surface area contributed by atoms with E-state index < -0.39 is 5.79 Å². The highest BCUT2D eigenvalue weighted by Gasteiger charge is 2.41. The molecule has 1 amide bonds. The number of hydrogen-bond acceptors (Lipinski definition) is 5. The Balaban J connectivity index is 1.60. The van der Waals surface area contributed by atoms with E-state index in [1.165, 1.54) is 10.6 Å². The third-order valence-corrected chi connectivity index (χ3v) is 4.78. The van der Waals surface area contributed by atoms with Crippen LogP contribution in [0.1, 0.15) is 28.8 Å². The second kappa shape index (κ2) is 5.68. The number of aryl methyl sites for hydroxylation is 1. The Hall–Kier alpha value is -2.25. The van der Waals surface area contributed by atoms with Crippen molar-refractivity contribution in [2.24, 2.45) is 0 Å². The molecule has 0 aliphatic carbocycles. The van der Waals surface area contributed by atoms with Crippen molar-refractivity contribution in [2.75, 3.05) is 26.3 Å². The Morgan fingerprint density at radius 1 is 1.25 bits per heavy atom. The molecule has 0 aromatic carbocycles. The monoisotopic (exact) mass is 329 g/mol. The summed E-state index contributed by atoms with van der Waals surface area (Å²) in [6.07, 6.45) is 4.28. The Labute approximate surface area is 138 Å². The van der Waals surface area contributed by atoms with Crippen LogP contribution in [0.4, 0.5) is 0 Å². The first-order valence-corrected chi connectivity index (χ1v) is 8.14. The zero-order chi connectivity index (χ0) is 16.7. The zero-order valence-corrected chi connectivity index (χ0v) is 13.5. The highest BCUT2D eigenvalue weighted by atomic mass is 16.7. The molecule has 2 saturated heterocycles. The second-order valence-corrected chi connectivity index (χ2v) is 6.26. The minimum Gasteiger partial charge on any atom is -0.347 e. The van der Waals surface area contributed by atoms with Gasteiger partial charge in [-0.2, -0.15) is 0 Å². The molecule has 0 bridgehead atoms. The third kappa shape index (κ3) is 2.40. The summed E-state index contributed by atoms with van der Waals surface area (Å²) in [5.74, 6) is -0.818. The van der Waals surface area contributed by atoms with E-state index in [9.17, 15) is 9.59 Å². The number of fused-ring (bicyclic) bond motifs is 1. The van der Waals surface area contributed by atoms with Gasteiger partial charge in [-0.25, -0.2) is 4.98 Å². The summed E-state index contributed by atoms with van der Waals surface area (Å²) in [6.45, 7) is 4.10. The lowest BCUT2D eigenvalue weighted by atomic mass is 10.0. The molecule has 4 heterocycles. The van der Waals surface area contributed by atoms with Crippen LogP contribution >= 0.6 is 0 Å². The number of amides is 1. The van der Waals surface area contributed by atoms with Crippen molar-refractivity contribution in [1.82, 2.24) is 14.3 Å². The van der Waals surface area contributed by atoms with E-state index in [1.54, 1.807) is 17.2 Å². The smallest absolute Gasteiger partial charge is 0.270 e. The van der Waals surface area contributed by atoms with Crippen molar-refractivity contribution in [1.29, 1.82) is 0 Å². The molecule has 0 saturated carbocycles. The van der Waals surface area contributed by atoms with Crippen LogP contribution in [-0.2, 0) is 9.47 Å². The number of ether oxygens (including phenoxy) is 2. The van der Waals surface area contributed by atoms with E-state index in [0.717, 1.165) is 5.56 Å². The van der Waals surface area contributed by atoms with Crippen molar-refractivity contribution < 1.29 is 14.3 Å². The van der Waals surface area contributed by atoms with Gasteiger partial charge in [0.2, 0.25) is 0 Å². The number of carbonyl (C=O) groups is 1. The van der Waals surface area contributed by atoms with Gasteiger partial charge in [0.1, 0.15) is 11.2 Å². The molecule has 4 rings (SSSR count). The van der Waals surface area contributed by atoms with Crippen molar-refractivity contribution in [3.8, 4) is 0 Å². The highest BCUT2D eigenvalue weighted by Crippen LogP contribution is 2.31. The Morgan fingerprint density at radius 3 is 2.67 bits per heavy atom. The number of piperidine rings is 1. The first-order chi connectivity index (χ1) is 11.6. The molecule has 2 aromatic rings. The van der Waals surface area contributed by atoms with Gasteiger partial charge in [-0.1, -0.05) is 6.07 Å². The fraction of sp³-hybridized carbons (Fsp3) is 0.471. The normalized spacial score (nSPS) is 20.0. The van der Waals surface area contributed by atoms with Gasteiger partial charge in [0, 0.05) is 38.3 Å². The average molecular weight is 329 g/mol. The van der Waals surface area contributed by atoms with E-state index in [4.69, 9.17) is 9.47 Å². The molecule has 2 aliphatic heterocycles. The molecule has 2 aromatic heterocycles. The fourth-order valence-corrected chi connectivity index (χ4v) is 3.40. The molecule has 24 heavy (non-hydrogen) atoms. The summed E-state index contributed by atoms with van der Waals surface area (Å²) in [5.41, 5.74) is 1.23. The first kappa shape index (κ1) is 15.3. The van der Waals surface area contributed by atoms with Gasteiger partial charge < -0.3 is 14.4 Å². The predicted octanol–water partition coefficient (Wildman–Crippen LogP) is 0.982. The number of carbonyl (C=O) groups excluding carboxylic acids is 1. The van der Waals surface area contributed by atoms with Crippen LogP contribution in [-0.4, -0.2) is 52.3 Å². The van der Waals surface area contributed by atoms with E-state index >= 15 is 0 Å². The lowest BCUT2D eigenvalue weighted by Crippen LogP contribution is -2.48. The maximum Gasteiger partial charge on any atom is 0.270 e. The molecule has 0 N–H and O–H groups in total. The fourth-order valence-electron chi connectivity index (χ4n) is 3.40. The Kier molecular flexibility index (Phi) is 3.62. The topological polar surface area (TPSA) is 73.1 Å². The predicted molar refractivity (Wildman–Crippen MR) is 86.0 cm³/mol. The van der Waals surface area contributed by atoms with E-state index in [-0.39, 0.29) is 17.0 Å². The lowest BCUT2D eigenvalue weighted by molar-refractivity contribution is -0.181. The summed E-state index contributed by atoms with van der Waals surface area (Å²) in [7, 11) is 0. The molecule has 0 atom stereocenters. The standard InChI is InChI=1S/C17H19N3O4/c1-12-3-2-6-20-14(12)18-11-13(16(20)22)15(21)19-7-4-17(5-8-19)23-9-10-24-17/h2-3,6,11H,4-5,7-10H2,1H3. The van der Waals surface area contributed by atoms with Crippen molar-refractivity contribution in [3.05, 3.63) is 46.0 Å². The molecule has 0 radical (unpaired) electrons. The lowest BCUT2D eigenvalue weighted by Gasteiger charge is -2.37. The third-order valence-electron chi connectivity index (χ3n) is 4.78. The van der Waals surface area contributed by atoms with Crippen LogP contribution in [0.5, 0.6) is 0 Å². The van der Waals surface area contributed by atoms with Crippen LogP contribution in [0.2, 0.25) is 0 Å². The van der Waals surface area contributed by atoms with Crippen molar-refractivity contribution in [2.45, 2.75) is 25.6 Å². The molecule has 7 heteroatoms. The Bertz CT molecular complexity index is 845. The van der Waals surface area contributed by atoms with Gasteiger partial charge in [-0.3, -0.25) is 14.0 Å². The van der Waals surface area contributed by atoms with Gasteiger partial charge in [-0.15, -0.1) is 0 Å². The van der Waals surface area contributed by atoms with E-state index in [2.05, 4.69) is 4.98 Å². The first-order valence-electron chi connectivity index (χ1n) is 8.14. The minimum absolute atomic E-state index is 0.0994. The molecule has 2 aliphatic rings. The van der Waals surface area contributed by atoms with Crippen LogP contribution in [0.25, 0.3) is 5.65 Å². The van der Waals surface area contributed by atoms with Gasteiger partial charge in [0.05, 0.1) is 13.2 Å². The SMILES string of the molecule is Cc1cccn2c(=O)c(C(=O)N3CCC4(CC3)OCCO4)cnc12. The second-order valence-electron chi connectivity index (χ2n) is 6.26. The number of rotatable bonds is 1. The summed E-state index contributed by atoms with van der Waals surface area (Å²) in [6, 6.07) is 3.66. The van der Waals surface area contributed by atoms with E-state index in [0.29, 0.717) is 44.8 Å². The van der Waals surface area contributed by atoms with Gasteiger partial charge in [-0.05, 0) is 18.6 Å². The Morgan fingerprint density at radius 2 is 1.96 bits per heavy atom. The summed E-state index contributed by atoms with van der Waals surface area (Å²) < 4.78 is 12.8. The molecule has 126 valence electrons. The van der Waals surface area contributed by atoms with Gasteiger partial charge >= 0.3 is 0 Å². The number of hydrogen-bond donors (Lipinski definition) is 0. The maximum atomic E-state index is 12.7. The van der Waals surface area contributed by atoms with E-state index in [1.807, 2.05) is 13.0 Å². The molecular formula is C17H19N3O4. The molecule has 0 unspecified atom stereocenters. The number of nitrogens with zero attached hydrogens (tertiary/aromatic N) is 3. The maximum absolute atomic E-state index is 12.7. The number of aromatic nitrogens is 2. The molecule has 7 nitrogen and oxygen atoms in total. The number of pyridine rings is 1. The van der Waals surface area contributed by atoms with Crippen LogP contribution in [0, 0.1) is 6.92 Å². The quantitative estimate of drug-likeness (QED) is 0.780. The average Bonchev–Trinajstić information content (AvgIpc) is 3.04. The molecule has 1 spiro atoms. The summed E-state index contributed by atoms with van der Waals surface area (Å²) in [5, 5.41) is 0. The zero-order valence-electron chi connectivity index (χ0n) is 13.5. The van der Waals surface area contributed by atoms with Crippen LogP contribution in [0.3, 0.4) is 0 Å². The largest absolute Gasteiger partial charge is 0.347 e. The highest BCUT2D eigenvalue weighted by molar-refractivity contribution is 5.93. The summed E-state index contributed by atoms with van der Waals surface area (Å²) in [4.78, 5) is 31.4. The summed E-state index contributed by atoms with van der Waals surface area (Å²) >= 11 is 0.